The van der Waals surface area contributed by atoms with Gasteiger partial charge in [0.05, 0.1) is 12.2 Å². The zero-order valence-electron chi connectivity index (χ0n) is 16.9. The molecule has 0 bridgehead atoms. The molecule has 1 saturated heterocycles. The molecule has 0 atom stereocenters. The molecule has 2 aromatic carbocycles. The van der Waals surface area contributed by atoms with Crippen molar-refractivity contribution < 1.29 is 19.1 Å². The normalized spacial score (nSPS) is 13.4. The van der Waals surface area contributed by atoms with Crippen molar-refractivity contribution in [2.24, 2.45) is 0 Å². The first kappa shape index (κ1) is 20.4. The van der Waals surface area contributed by atoms with Gasteiger partial charge >= 0.3 is 6.09 Å². The van der Waals surface area contributed by atoms with Gasteiger partial charge in [-0.15, -0.1) is 5.10 Å². The van der Waals surface area contributed by atoms with Crippen LogP contribution in [0.1, 0.15) is 17.3 Å². The largest absolute Gasteiger partial charge is 0.487 e. The average Bonchev–Trinajstić information content (AvgIpc) is 3.24. The Morgan fingerprint density at radius 1 is 1.00 bits per heavy atom. The number of amides is 2. The van der Waals surface area contributed by atoms with Crippen molar-refractivity contribution in [1.29, 1.82) is 0 Å². The summed E-state index contributed by atoms with van der Waals surface area (Å²) >= 11 is 0. The number of carbonyl (C=O) groups is 2. The van der Waals surface area contributed by atoms with Gasteiger partial charge in [-0.3, -0.25) is 4.79 Å². The molecule has 1 aromatic heterocycles. The number of alkyl carbamates (subject to hydrolysis) is 1. The van der Waals surface area contributed by atoms with Gasteiger partial charge in [-0.05, 0) is 17.7 Å². The quantitative estimate of drug-likeness (QED) is 0.599. The molecule has 31 heavy (non-hydrogen) atoms. The molecule has 0 radical (unpaired) electrons. The summed E-state index contributed by atoms with van der Waals surface area (Å²) in [7, 11) is 0. The maximum Gasteiger partial charge on any atom is 0.407 e. The lowest BCUT2D eigenvalue weighted by Gasteiger charge is -2.38. The highest BCUT2D eigenvalue weighted by Crippen LogP contribution is 2.20. The summed E-state index contributed by atoms with van der Waals surface area (Å²) in [5.74, 6) is 0.605. The molecule has 1 N–H and O–H groups in total. The van der Waals surface area contributed by atoms with E-state index in [0.717, 1.165) is 17.0 Å². The van der Waals surface area contributed by atoms with E-state index in [-0.39, 0.29) is 25.1 Å². The topological polar surface area (TPSA) is 98.6 Å². The highest BCUT2D eigenvalue weighted by molar-refractivity contribution is 5.82. The number of aromatic nitrogens is 3. The Labute approximate surface area is 179 Å². The summed E-state index contributed by atoms with van der Waals surface area (Å²) in [5.41, 5.74) is 1.60. The van der Waals surface area contributed by atoms with Gasteiger partial charge in [0.1, 0.15) is 31.2 Å². The Bertz CT molecular complexity index is 1000. The molecule has 0 aliphatic carbocycles. The first-order valence-corrected chi connectivity index (χ1v) is 9.98. The number of carbonyl (C=O) groups excluding carboxylic acids is 2. The Morgan fingerprint density at radius 2 is 1.71 bits per heavy atom. The standard InChI is InChI=1S/C22H23N5O4/c28-21(11-23-22(29)31-15-17-7-3-1-4-8-17)26-13-19(14-26)27-12-18(24-25-27)16-30-20-9-5-2-6-10-20/h1-10,12,19H,11,13-16H2,(H,23,29). The smallest absolute Gasteiger partial charge is 0.407 e. The predicted octanol–water partition coefficient (Wildman–Crippen LogP) is 2.17. The minimum Gasteiger partial charge on any atom is -0.487 e. The first-order valence-electron chi connectivity index (χ1n) is 9.98. The fraction of sp³-hybridized carbons (Fsp3) is 0.273. The number of rotatable bonds is 8. The van der Waals surface area contributed by atoms with Crippen LogP contribution in [0.3, 0.4) is 0 Å². The van der Waals surface area contributed by atoms with E-state index in [0.29, 0.717) is 19.7 Å². The minimum absolute atomic E-state index is 0.0620. The van der Waals surface area contributed by atoms with Crippen molar-refractivity contribution in [2.45, 2.75) is 19.3 Å². The van der Waals surface area contributed by atoms with Gasteiger partial charge in [-0.1, -0.05) is 53.7 Å². The van der Waals surface area contributed by atoms with Crippen LogP contribution in [0.5, 0.6) is 5.75 Å². The number of nitrogens with zero attached hydrogens (tertiary/aromatic N) is 4. The van der Waals surface area contributed by atoms with Crippen molar-refractivity contribution in [3.05, 3.63) is 78.1 Å². The number of benzene rings is 2. The zero-order valence-corrected chi connectivity index (χ0v) is 16.9. The number of ether oxygens (including phenoxy) is 2. The molecule has 2 heterocycles. The van der Waals surface area contributed by atoms with E-state index in [4.69, 9.17) is 9.47 Å². The van der Waals surface area contributed by atoms with E-state index >= 15 is 0 Å². The third-order valence-corrected chi connectivity index (χ3v) is 4.87. The molecule has 0 saturated carbocycles. The SMILES string of the molecule is O=C(NCC(=O)N1CC(n2cc(COc3ccccc3)nn2)C1)OCc1ccccc1. The van der Waals surface area contributed by atoms with Crippen LogP contribution in [0.15, 0.2) is 66.9 Å². The summed E-state index contributed by atoms with van der Waals surface area (Å²) in [5, 5.41) is 10.7. The third kappa shape index (κ3) is 5.59. The Kier molecular flexibility index (Phi) is 6.41. The number of hydrogen-bond acceptors (Lipinski definition) is 6. The molecule has 4 rings (SSSR count). The van der Waals surface area contributed by atoms with Crippen LogP contribution in [0.4, 0.5) is 4.79 Å². The summed E-state index contributed by atoms with van der Waals surface area (Å²) < 4.78 is 12.5. The van der Waals surface area contributed by atoms with Crippen LogP contribution < -0.4 is 10.1 Å². The fourth-order valence-corrected chi connectivity index (χ4v) is 3.09. The molecule has 1 aliphatic rings. The Morgan fingerprint density at radius 3 is 2.45 bits per heavy atom. The van der Waals surface area contributed by atoms with Crippen LogP contribution in [-0.4, -0.2) is 51.5 Å². The lowest BCUT2D eigenvalue weighted by molar-refractivity contribution is -0.136. The van der Waals surface area contributed by atoms with Gasteiger partial charge < -0.3 is 19.7 Å². The predicted molar refractivity (Wildman–Crippen MR) is 111 cm³/mol. The maximum absolute atomic E-state index is 12.2. The van der Waals surface area contributed by atoms with Crippen molar-refractivity contribution in [3.63, 3.8) is 0 Å². The van der Waals surface area contributed by atoms with Crippen molar-refractivity contribution in [3.8, 4) is 5.75 Å². The Balaban J connectivity index is 1.15. The maximum atomic E-state index is 12.2. The van der Waals surface area contributed by atoms with E-state index in [1.807, 2.05) is 66.9 Å². The van der Waals surface area contributed by atoms with E-state index < -0.39 is 6.09 Å². The molecule has 1 fully saturated rings. The lowest BCUT2D eigenvalue weighted by Crippen LogP contribution is -2.53. The number of likely N-dealkylation sites (tertiary alicyclic amines) is 1. The molecule has 2 amide bonds. The van der Waals surface area contributed by atoms with Crippen LogP contribution in [-0.2, 0) is 22.7 Å². The third-order valence-electron chi connectivity index (χ3n) is 4.87. The number of nitrogens with one attached hydrogen (secondary N) is 1. The molecular weight excluding hydrogens is 398 g/mol. The second-order valence-electron chi connectivity index (χ2n) is 7.16. The molecule has 3 aromatic rings. The van der Waals surface area contributed by atoms with Gasteiger partial charge in [0.15, 0.2) is 0 Å². The van der Waals surface area contributed by atoms with E-state index in [2.05, 4.69) is 15.6 Å². The van der Waals surface area contributed by atoms with Crippen molar-refractivity contribution >= 4 is 12.0 Å². The van der Waals surface area contributed by atoms with Crippen LogP contribution in [0.2, 0.25) is 0 Å². The second-order valence-corrected chi connectivity index (χ2v) is 7.16. The summed E-state index contributed by atoms with van der Waals surface area (Å²) in [6.45, 7) is 1.42. The van der Waals surface area contributed by atoms with E-state index in [1.165, 1.54) is 0 Å². The molecular formula is C22H23N5O4. The fourth-order valence-electron chi connectivity index (χ4n) is 3.09. The van der Waals surface area contributed by atoms with Crippen molar-refractivity contribution in [1.82, 2.24) is 25.2 Å². The highest BCUT2D eigenvalue weighted by atomic mass is 16.5. The van der Waals surface area contributed by atoms with Gasteiger partial charge in [-0.25, -0.2) is 9.48 Å². The summed E-state index contributed by atoms with van der Waals surface area (Å²) in [6.07, 6.45) is 1.21. The molecule has 160 valence electrons. The molecule has 0 unspecified atom stereocenters. The summed E-state index contributed by atoms with van der Waals surface area (Å²) in [4.78, 5) is 25.7. The monoisotopic (exact) mass is 421 g/mol. The van der Waals surface area contributed by atoms with E-state index in [9.17, 15) is 9.59 Å². The van der Waals surface area contributed by atoms with Gasteiger partial charge in [0, 0.05) is 13.1 Å². The average molecular weight is 421 g/mol. The summed E-state index contributed by atoms with van der Waals surface area (Å²) in [6, 6.07) is 18.9. The zero-order chi connectivity index (χ0) is 21.5. The van der Waals surface area contributed by atoms with E-state index in [1.54, 1.807) is 9.58 Å². The van der Waals surface area contributed by atoms with Crippen LogP contribution >= 0.6 is 0 Å². The lowest BCUT2D eigenvalue weighted by atomic mass is 10.1. The van der Waals surface area contributed by atoms with Crippen LogP contribution in [0, 0.1) is 0 Å². The van der Waals surface area contributed by atoms with Gasteiger partial charge in [0.25, 0.3) is 0 Å². The molecule has 1 aliphatic heterocycles. The number of para-hydroxylation sites is 1. The second kappa shape index (κ2) is 9.75. The first-order chi connectivity index (χ1) is 15.2. The molecule has 9 nitrogen and oxygen atoms in total. The van der Waals surface area contributed by atoms with Gasteiger partial charge in [-0.2, -0.15) is 0 Å². The number of hydrogen-bond donors (Lipinski definition) is 1. The Hall–Kier alpha value is -3.88. The molecule has 0 spiro atoms. The minimum atomic E-state index is -0.617. The van der Waals surface area contributed by atoms with Gasteiger partial charge in [0.2, 0.25) is 5.91 Å². The van der Waals surface area contributed by atoms with Crippen molar-refractivity contribution in [2.75, 3.05) is 19.6 Å². The van der Waals surface area contributed by atoms with Crippen LogP contribution in [0.25, 0.3) is 0 Å². The highest BCUT2D eigenvalue weighted by Gasteiger charge is 2.32. The molecule has 9 heteroatoms.